The maximum atomic E-state index is 10.7. The first kappa shape index (κ1) is 20.4. The Morgan fingerprint density at radius 1 is 1.30 bits per heavy atom. The summed E-state index contributed by atoms with van der Waals surface area (Å²) < 4.78 is 10.7. The molecule has 0 amide bonds. The summed E-state index contributed by atoms with van der Waals surface area (Å²) in [6, 6.07) is 10.2. The first-order valence-corrected chi connectivity index (χ1v) is 8.83. The molecule has 0 aliphatic carbocycles. The number of nitrogens with one attached hydrogen (secondary N) is 2. The van der Waals surface area contributed by atoms with E-state index >= 15 is 0 Å². The van der Waals surface area contributed by atoms with Crippen LogP contribution in [0, 0.1) is 17.0 Å². The number of nitro benzene ring substituents is 1. The van der Waals surface area contributed by atoms with Crippen LogP contribution in [0.5, 0.6) is 0 Å². The average Bonchev–Trinajstić information content (AvgIpc) is 3.09. The van der Waals surface area contributed by atoms with Gasteiger partial charge in [0.15, 0.2) is 5.96 Å². The van der Waals surface area contributed by atoms with Crippen molar-refractivity contribution in [2.75, 3.05) is 20.3 Å². The number of nitrogens with zero attached hydrogens (tertiary/aromatic N) is 2. The number of furan rings is 1. The summed E-state index contributed by atoms with van der Waals surface area (Å²) in [5.41, 5.74) is 0.959. The van der Waals surface area contributed by atoms with Crippen LogP contribution < -0.4 is 10.6 Å². The number of ether oxygens (including phenoxy) is 1. The molecule has 0 spiro atoms. The first-order valence-electron chi connectivity index (χ1n) is 8.83. The minimum Gasteiger partial charge on any atom is -0.464 e. The van der Waals surface area contributed by atoms with E-state index in [1.54, 1.807) is 19.2 Å². The summed E-state index contributed by atoms with van der Waals surface area (Å²) >= 11 is 0. The summed E-state index contributed by atoms with van der Waals surface area (Å²) in [7, 11) is 1.67. The number of hydrogen-bond donors (Lipinski definition) is 2. The summed E-state index contributed by atoms with van der Waals surface area (Å²) in [5.74, 6) is 2.33. The van der Waals surface area contributed by atoms with Gasteiger partial charge in [-0.25, -0.2) is 4.99 Å². The summed E-state index contributed by atoms with van der Waals surface area (Å²) in [6.45, 7) is 5.68. The van der Waals surface area contributed by atoms with E-state index in [0.717, 1.165) is 23.5 Å². The molecule has 1 aromatic carbocycles. The second-order valence-electron chi connectivity index (χ2n) is 6.18. The van der Waals surface area contributed by atoms with Crippen molar-refractivity contribution in [3.63, 3.8) is 0 Å². The van der Waals surface area contributed by atoms with E-state index in [4.69, 9.17) is 9.15 Å². The highest BCUT2D eigenvalue weighted by atomic mass is 16.6. The van der Waals surface area contributed by atoms with E-state index < -0.39 is 4.92 Å². The fourth-order valence-electron chi connectivity index (χ4n) is 2.43. The van der Waals surface area contributed by atoms with Gasteiger partial charge in [0.2, 0.25) is 0 Å². The molecule has 2 N–H and O–H groups in total. The van der Waals surface area contributed by atoms with Crippen molar-refractivity contribution in [1.29, 1.82) is 0 Å². The SMILES string of the molecule is COCCCNC(=NCc1ccc([N+](=O)[O-])cc1)NC(C)c1ccc(C)o1. The van der Waals surface area contributed by atoms with Crippen LogP contribution in [-0.4, -0.2) is 31.1 Å². The molecule has 27 heavy (non-hydrogen) atoms. The second-order valence-corrected chi connectivity index (χ2v) is 6.18. The fourth-order valence-corrected chi connectivity index (χ4v) is 2.43. The Morgan fingerprint density at radius 2 is 2.04 bits per heavy atom. The smallest absolute Gasteiger partial charge is 0.269 e. The van der Waals surface area contributed by atoms with E-state index in [9.17, 15) is 10.1 Å². The molecule has 8 heteroatoms. The Kier molecular flexibility index (Phi) is 7.81. The zero-order chi connectivity index (χ0) is 19.6. The van der Waals surface area contributed by atoms with Crippen LogP contribution in [0.1, 0.15) is 36.5 Å². The summed E-state index contributed by atoms with van der Waals surface area (Å²) in [6.07, 6.45) is 0.850. The van der Waals surface area contributed by atoms with Gasteiger partial charge in [-0.05, 0) is 38.0 Å². The standard InChI is InChI=1S/C19H26N4O4/c1-14-5-10-18(27-14)15(2)22-19(20-11-4-12-26-3)21-13-16-6-8-17(9-7-16)23(24)25/h5-10,15H,4,11-13H2,1-3H3,(H2,20,21,22). The number of guanidine groups is 1. The molecule has 1 heterocycles. The number of rotatable bonds is 9. The number of non-ortho nitro benzene ring substituents is 1. The molecule has 1 unspecified atom stereocenters. The minimum atomic E-state index is -0.412. The minimum absolute atomic E-state index is 0.0516. The van der Waals surface area contributed by atoms with Crippen LogP contribution >= 0.6 is 0 Å². The summed E-state index contributed by atoms with van der Waals surface area (Å²) in [5, 5.41) is 17.3. The Bertz CT molecular complexity index is 755. The number of aliphatic imine (C=N–C) groups is 1. The van der Waals surface area contributed by atoms with Crippen molar-refractivity contribution in [2.24, 2.45) is 4.99 Å². The quantitative estimate of drug-likeness (QED) is 0.229. The number of aryl methyl sites for hydroxylation is 1. The normalized spacial score (nSPS) is 12.6. The molecule has 0 radical (unpaired) electrons. The Balaban J connectivity index is 2.03. The van der Waals surface area contributed by atoms with Crippen LogP contribution in [0.25, 0.3) is 0 Å². The van der Waals surface area contributed by atoms with Gasteiger partial charge in [-0.15, -0.1) is 0 Å². The van der Waals surface area contributed by atoms with E-state index in [1.165, 1.54) is 12.1 Å². The van der Waals surface area contributed by atoms with E-state index in [0.29, 0.717) is 25.7 Å². The van der Waals surface area contributed by atoms with Crippen molar-refractivity contribution in [2.45, 2.75) is 32.9 Å². The van der Waals surface area contributed by atoms with Gasteiger partial charge in [-0.2, -0.15) is 0 Å². The number of hydrogen-bond acceptors (Lipinski definition) is 5. The van der Waals surface area contributed by atoms with Crippen molar-refractivity contribution in [1.82, 2.24) is 10.6 Å². The van der Waals surface area contributed by atoms with Crippen molar-refractivity contribution >= 4 is 11.6 Å². The van der Waals surface area contributed by atoms with Crippen molar-refractivity contribution < 1.29 is 14.1 Å². The van der Waals surface area contributed by atoms with Crippen LogP contribution in [0.4, 0.5) is 5.69 Å². The van der Waals surface area contributed by atoms with E-state index in [2.05, 4.69) is 15.6 Å². The highest BCUT2D eigenvalue weighted by Crippen LogP contribution is 2.16. The van der Waals surface area contributed by atoms with Gasteiger partial charge in [0.1, 0.15) is 11.5 Å². The third-order valence-corrected chi connectivity index (χ3v) is 3.93. The zero-order valence-electron chi connectivity index (χ0n) is 15.9. The molecule has 0 aliphatic rings. The molecule has 0 fully saturated rings. The van der Waals surface area contributed by atoms with Gasteiger partial charge >= 0.3 is 0 Å². The predicted octanol–water partition coefficient (Wildman–Crippen LogP) is 3.33. The third kappa shape index (κ3) is 6.74. The van der Waals surface area contributed by atoms with Crippen LogP contribution in [0.3, 0.4) is 0 Å². The van der Waals surface area contributed by atoms with Crippen LogP contribution in [0.15, 0.2) is 45.8 Å². The Morgan fingerprint density at radius 3 is 2.63 bits per heavy atom. The monoisotopic (exact) mass is 374 g/mol. The molecule has 0 saturated heterocycles. The maximum absolute atomic E-state index is 10.7. The fraction of sp³-hybridized carbons (Fsp3) is 0.421. The molecule has 1 atom stereocenters. The van der Waals surface area contributed by atoms with Gasteiger partial charge in [0.05, 0.1) is 17.5 Å². The lowest BCUT2D eigenvalue weighted by atomic mass is 10.2. The van der Waals surface area contributed by atoms with Gasteiger partial charge in [-0.1, -0.05) is 12.1 Å². The van der Waals surface area contributed by atoms with Gasteiger partial charge in [-0.3, -0.25) is 10.1 Å². The van der Waals surface area contributed by atoms with Crippen LogP contribution in [-0.2, 0) is 11.3 Å². The van der Waals surface area contributed by atoms with Gasteiger partial charge in [0.25, 0.3) is 5.69 Å². The van der Waals surface area contributed by atoms with Crippen molar-refractivity contribution in [3.05, 3.63) is 63.6 Å². The number of methoxy groups -OCH3 is 1. The molecular weight excluding hydrogens is 348 g/mol. The summed E-state index contributed by atoms with van der Waals surface area (Å²) in [4.78, 5) is 14.9. The zero-order valence-corrected chi connectivity index (χ0v) is 15.9. The number of benzene rings is 1. The van der Waals surface area contributed by atoms with Gasteiger partial charge < -0.3 is 19.8 Å². The lowest BCUT2D eigenvalue weighted by Gasteiger charge is -2.17. The molecule has 8 nitrogen and oxygen atoms in total. The predicted molar refractivity (Wildman–Crippen MR) is 104 cm³/mol. The first-order chi connectivity index (χ1) is 13.0. The maximum Gasteiger partial charge on any atom is 0.269 e. The largest absolute Gasteiger partial charge is 0.464 e. The Hall–Kier alpha value is -2.87. The topological polar surface area (TPSA) is 102 Å². The molecule has 2 aromatic rings. The molecule has 0 bridgehead atoms. The molecule has 146 valence electrons. The molecule has 0 aliphatic heterocycles. The van der Waals surface area contributed by atoms with Crippen molar-refractivity contribution in [3.8, 4) is 0 Å². The highest BCUT2D eigenvalue weighted by Gasteiger charge is 2.11. The molecule has 0 saturated carbocycles. The second kappa shape index (κ2) is 10.3. The lowest BCUT2D eigenvalue weighted by molar-refractivity contribution is -0.384. The van der Waals surface area contributed by atoms with Crippen LogP contribution in [0.2, 0.25) is 0 Å². The average molecular weight is 374 g/mol. The van der Waals surface area contributed by atoms with Gasteiger partial charge in [0, 0.05) is 32.4 Å². The number of nitro groups is 1. The molecule has 2 rings (SSSR count). The van der Waals surface area contributed by atoms with E-state index in [-0.39, 0.29) is 11.7 Å². The molecule has 1 aromatic heterocycles. The third-order valence-electron chi connectivity index (χ3n) is 3.93. The highest BCUT2D eigenvalue weighted by molar-refractivity contribution is 5.80. The van der Waals surface area contributed by atoms with E-state index in [1.807, 2.05) is 26.0 Å². The lowest BCUT2D eigenvalue weighted by Crippen LogP contribution is -2.39. The molecular formula is C19H26N4O4. The Labute approximate surface area is 158 Å².